The highest BCUT2D eigenvalue weighted by molar-refractivity contribution is 5.78. The Labute approximate surface area is 144 Å². The minimum atomic E-state index is 0.0198. The molecule has 0 aromatic heterocycles. The predicted molar refractivity (Wildman–Crippen MR) is 96.4 cm³/mol. The van der Waals surface area contributed by atoms with Gasteiger partial charge in [-0.1, -0.05) is 60.7 Å². The molecule has 0 saturated carbocycles. The van der Waals surface area contributed by atoms with Crippen LogP contribution in [0.3, 0.4) is 0 Å². The molecule has 0 bridgehead atoms. The Balaban J connectivity index is 1.99. The van der Waals surface area contributed by atoms with Crippen LogP contribution >= 0.6 is 0 Å². The van der Waals surface area contributed by atoms with E-state index < -0.39 is 0 Å². The molecule has 1 unspecified atom stereocenters. The number of aliphatic hydroxyl groups excluding tert-OH is 1. The first-order chi connectivity index (χ1) is 11.6. The maximum atomic E-state index is 12.6. The summed E-state index contributed by atoms with van der Waals surface area (Å²) in [5.41, 5.74) is 2.25. The fraction of sp³-hybridized carbons (Fsp3) is 0.350. The number of carbonyl (C=O) groups excluding carboxylic acids is 1. The van der Waals surface area contributed by atoms with E-state index in [9.17, 15) is 9.90 Å². The number of likely N-dealkylation sites (N-methyl/N-ethyl adjacent to an activating group) is 1. The summed E-state index contributed by atoms with van der Waals surface area (Å²) >= 11 is 0. The van der Waals surface area contributed by atoms with Crippen molar-refractivity contribution >= 4 is 5.91 Å². The number of rotatable bonds is 8. The third kappa shape index (κ3) is 5.18. The van der Waals surface area contributed by atoms with Gasteiger partial charge in [0.1, 0.15) is 0 Å². The summed E-state index contributed by atoms with van der Waals surface area (Å²) in [5, 5.41) is 9.29. The Morgan fingerprint density at radius 1 is 1.04 bits per heavy atom. The van der Waals surface area contributed by atoms with E-state index in [-0.39, 0.29) is 18.6 Å². The molecule has 2 rings (SSSR count). The van der Waals surface area contributed by atoms with Gasteiger partial charge in [0.15, 0.2) is 0 Å². The summed E-state index contributed by atoms with van der Waals surface area (Å²) in [4.78, 5) is 16.4. The van der Waals surface area contributed by atoms with Gasteiger partial charge in [-0.2, -0.15) is 0 Å². The zero-order valence-corrected chi connectivity index (χ0v) is 14.4. The predicted octanol–water partition coefficient (Wildman–Crippen LogP) is 2.70. The number of hydrogen-bond donors (Lipinski definition) is 1. The van der Waals surface area contributed by atoms with E-state index in [0.29, 0.717) is 19.6 Å². The molecule has 24 heavy (non-hydrogen) atoms. The first-order valence-electron chi connectivity index (χ1n) is 8.29. The number of nitrogens with zero attached hydrogens (tertiary/aromatic N) is 2. The third-order valence-corrected chi connectivity index (χ3v) is 4.28. The molecule has 1 N–H and O–H groups in total. The van der Waals surface area contributed by atoms with Crippen molar-refractivity contribution in [1.29, 1.82) is 0 Å². The highest BCUT2D eigenvalue weighted by atomic mass is 16.3. The molecule has 4 heteroatoms. The summed E-state index contributed by atoms with van der Waals surface area (Å²) < 4.78 is 0. The molecule has 2 aromatic carbocycles. The second-order valence-electron chi connectivity index (χ2n) is 6.01. The lowest BCUT2D eigenvalue weighted by molar-refractivity contribution is -0.133. The molecule has 0 spiro atoms. The lowest BCUT2D eigenvalue weighted by atomic mass is 10.1. The molecule has 0 heterocycles. The Morgan fingerprint density at radius 3 is 2.21 bits per heavy atom. The molecule has 0 aliphatic rings. The van der Waals surface area contributed by atoms with Crippen LogP contribution in [-0.4, -0.2) is 47.6 Å². The van der Waals surface area contributed by atoms with E-state index >= 15 is 0 Å². The zero-order valence-electron chi connectivity index (χ0n) is 14.4. The van der Waals surface area contributed by atoms with Crippen molar-refractivity contribution in [1.82, 2.24) is 9.80 Å². The molecule has 1 amide bonds. The lowest BCUT2D eigenvalue weighted by Gasteiger charge is -2.29. The summed E-state index contributed by atoms with van der Waals surface area (Å²) in [6.07, 6.45) is 0. The van der Waals surface area contributed by atoms with Crippen molar-refractivity contribution in [3.05, 3.63) is 71.8 Å². The fourth-order valence-corrected chi connectivity index (χ4v) is 2.67. The highest BCUT2D eigenvalue weighted by Crippen LogP contribution is 2.18. The highest BCUT2D eigenvalue weighted by Gasteiger charge is 2.19. The van der Waals surface area contributed by atoms with Crippen molar-refractivity contribution in [3.63, 3.8) is 0 Å². The molecule has 0 saturated heterocycles. The zero-order chi connectivity index (χ0) is 17.4. The molecule has 0 aliphatic heterocycles. The molecule has 4 nitrogen and oxygen atoms in total. The van der Waals surface area contributed by atoms with Gasteiger partial charge in [0.2, 0.25) is 5.91 Å². The quantitative estimate of drug-likeness (QED) is 0.811. The van der Waals surface area contributed by atoms with Gasteiger partial charge in [-0.25, -0.2) is 0 Å². The lowest BCUT2D eigenvalue weighted by Crippen LogP contribution is -2.40. The molecular formula is C20H26N2O2. The van der Waals surface area contributed by atoms with Crippen LogP contribution < -0.4 is 0 Å². The van der Waals surface area contributed by atoms with Crippen LogP contribution in [0.2, 0.25) is 0 Å². The fourth-order valence-electron chi connectivity index (χ4n) is 2.67. The topological polar surface area (TPSA) is 43.8 Å². The van der Waals surface area contributed by atoms with E-state index in [1.165, 1.54) is 0 Å². The summed E-state index contributed by atoms with van der Waals surface area (Å²) in [5.74, 6) is 0.0516. The van der Waals surface area contributed by atoms with Crippen LogP contribution in [0.4, 0.5) is 0 Å². The van der Waals surface area contributed by atoms with Gasteiger partial charge in [0.05, 0.1) is 19.2 Å². The first-order valence-corrected chi connectivity index (χ1v) is 8.29. The standard InChI is InChI=1S/C20H26N2O2/c1-17(19-11-7-4-8-12-19)21(2)20(24)16-22(13-14-23)15-18-9-5-3-6-10-18/h3-12,17,23H,13-16H2,1-2H3. The molecular weight excluding hydrogens is 300 g/mol. The average molecular weight is 326 g/mol. The van der Waals surface area contributed by atoms with Crippen LogP contribution in [0.25, 0.3) is 0 Å². The maximum Gasteiger partial charge on any atom is 0.237 e. The minimum Gasteiger partial charge on any atom is -0.395 e. The van der Waals surface area contributed by atoms with Crippen LogP contribution in [0.1, 0.15) is 24.1 Å². The monoisotopic (exact) mass is 326 g/mol. The van der Waals surface area contributed by atoms with Gasteiger partial charge in [-0.3, -0.25) is 9.69 Å². The number of benzene rings is 2. The minimum absolute atomic E-state index is 0.0198. The molecule has 128 valence electrons. The average Bonchev–Trinajstić information content (AvgIpc) is 2.62. The van der Waals surface area contributed by atoms with E-state index in [2.05, 4.69) is 0 Å². The van der Waals surface area contributed by atoms with Gasteiger partial charge in [-0.05, 0) is 18.1 Å². The number of amides is 1. The van der Waals surface area contributed by atoms with Gasteiger partial charge >= 0.3 is 0 Å². The SMILES string of the molecule is CC(c1ccccc1)N(C)C(=O)CN(CCO)Cc1ccccc1. The second kappa shape index (κ2) is 9.21. The Bertz CT molecular complexity index is 616. The van der Waals surface area contributed by atoms with Crippen LogP contribution in [0.5, 0.6) is 0 Å². The van der Waals surface area contributed by atoms with Crippen molar-refractivity contribution in [2.75, 3.05) is 26.7 Å². The summed E-state index contributed by atoms with van der Waals surface area (Å²) in [6.45, 7) is 3.50. The van der Waals surface area contributed by atoms with Crippen molar-refractivity contribution in [2.45, 2.75) is 19.5 Å². The maximum absolute atomic E-state index is 12.6. The molecule has 1 atom stereocenters. The smallest absolute Gasteiger partial charge is 0.237 e. The normalized spacial score (nSPS) is 12.2. The Morgan fingerprint density at radius 2 is 1.62 bits per heavy atom. The van der Waals surface area contributed by atoms with Crippen molar-refractivity contribution in [3.8, 4) is 0 Å². The van der Waals surface area contributed by atoms with E-state index in [1.54, 1.807) is 4.90 Å². The molecule has 0 radical (unpaired) electrons. The van der Waals surface area contributed by atoms with Crippen LogP contribution in [-0.2, 0) is 11.3 Å². The first kappa shape index (κ1) is 18.2. The van der Waals surface area contributed by atoms with E-state index in [1.807, 2.05) is 79.5 Å². The van der Waals surface area contributed by atoms with Gasteiger partial charge in [-0.15, -0.1) is 0 Å². The third-order valence-electron chi connectivity index (χ3n) is 4.28. The summed E-state index contributed by atoms with van der Waals surface area (Å²) in [7, 11) is 1.83. The molecule has 0 fully saturated rings. The summed E-state index contributed by atoms with van der Waals surface area (Å²) in [6, 6.07) is 20.0. The van der Waals surface area contributed by atoms with E-state index in [4.69, 9.17) is 0 Å². The molecule has 2 aromatic rings. The van der Waals surface area contributed by atoms with Gasteiger partial charge in [0, 0.05) is 20.1 Å². The number of aliphatic hydroxyl groups is 1. The van der Waals surface area contributed by atoms with Gasteiger partial charge < -0.3 is 10.0 Å². The van der Waals surface area contributed by atoms with Crippen molar-refractivity contribution < 1.29 is 9.90 Å². The number of carbonyl (C=O) groups is 1. The number of hydrogen-bond acceptors (Lipinski definition) is 3. The van der Waals surface area contributed by atoms with Crippen LogP contribution in [0, 0.1) is 0 Å². The molecule has 0 aliphatic carbocycles. The Kier molecular flexibility index (Phi) is 6.97. The van der Waals surface area contributed by atoms with Gasteiger partial charge in [0.25, 0.3) is 0 Å². The van der Waals surface area contributed by atoms with E-state index in [0.717, 1.165) is 11.1 Å². The second-order valence-corrected chi connectivity index (χ2v) is 6.01. The Hall–Kier alpha value is -2.17. The van der Waals surface area contributed by atoms with Crippen molar-refractivity contribution in [2.24, 2.45) is 0 Å². The largest absolute Gasteiger partial charge is 0.395 e. The van der Waals surface area contributed by atoms with Crippen LogP contribution in [0.15, 0.2) is 60.7 Å².